The number of amides is 2. The summed E-state index contributed by atoms with van der Waals surface area (Å²) in [6.07, 6.45) is 0.299. The lowest BCUT2D eigenvalue weighted by Gasteiger charge is -2.23. The number of imide groups is 1. The maximum Gasteiger partial charge on any atom is 0.253 e. The minimum atomic E-state index is -0.359. The van der Waals surface area contributed by atoms with Gasteiger partial charge in [-0.15, -0.1) is 0 Å². The fourth-order valence-corrected chi connectivity index (χ4v) is 1.84. The fourth-order valence-electron chi connectivity index (χ4n) is 1.84. The van der Waals surface area contributed by atoms with Crippen LogP contribution in [0.15, 0.2) is 36.4 Å². The van der Waals surface area contributed by atoms with Gasteiger partial charge in [0.1, 0.15) is 0 Å². The van der Waals surface area contributed by atoms with Crippen LogP contribution in [0.5, 0.6) is 0 Å². The molecular formula is C13H13NO2. The van der Waals surface area contributed by atoms with Gasteiger partial charge in [-0.2, -0.15) is 0 Å². The molecule has 1 aliphatic rings. The van der Waals surface area contributed by atoms with Crippen molar-refractivity contribution in [3.8, 4) is 0 Å². The number of hydrogen-bond acceptors (Lipinski definition) is 2. The zero-order valence-corrected chi connectivity index (χ0v) is 9.12. The van der Waals surface area contributed by atoms with Crippen LogP contribution in [-0.4, -0.2) is 11.8 Å². The summed E-state index contributed by atoms with van der Waals surface area (Å²) in [5, 5.41) is 2.26. The molecule has 0 aliphatic carbocycles. The second-order valence-corrected chi connectivity index (χ2v) is 4.07. The van der Waals surface area contributed by atoms with Gasteiger partial charge in [-0.3, -0.25) is 14.9 Å². The monoisotopic (exact) mass is 215 g/mol. The molecule has 1 heterocycles. The highest BCUT2D eigenvalue weighted by Gasteiger charge is 2.29. The number of piperidine rings is 1. The summed E-state index contributed by atoms with van der Waals surface area (Å²) < 4.78 is 0. The number of hydrogen-bond donors (Lipinski definition) is 1. The lowest BCUT2D eigenvalue weighted by molar-refractivity contribution is -0.130. The van der Waals surface area contributed by atoms with Crippen LogP contribution >= 0.6 is 0 Å². The minimum Gasteiger partial charge on any atom is -0.293 e. The van der Waals surface area contributed by atoms with Crippen molar-refractivity contribution < 1.29 is 9.59 Å². The number of rotatable bonds is 1. The molecule has 1 unspecified atom stereocenters. The quantitative estimate of drug-likeness (QED) is 0.572. The van der Waals surface area contributed by atoms with Crippen LogP contribution in [0.4, 0.5) is 0 Å². The molecule has 2 rings (SSSR count). The fraction of sp³-hybridized carbons (Fsp3) is 0.231. The van der Waals surface area contributed by atoms with Crippen molar-refractivity contribution >= 4 is 11.8 Å². The molecule has 3 heteroatoms. The van der Waals surface area contributed by atoms with Gasteiger partial charge >= 0.3 is 0 Å². The molecule has 0 bridgehead atoms. The number of aryl methyl sites for hydroxylation is 1. The molecule has 1 fully saturated rings. The predicted molar refractivity (Wildman–Crippen MR) is 60.8 cm³/mol. The first-order chi connectivity index (χ1) is 7.58. The Morgan fingerprint density at radius 3 is 2.50 bits per heavy atom. The Labute approximate surface area is 94.2 Å². The van der Waals surface area contributed by atoms with Crippen LogP contribution in [0.3, 0.4) is 0 Å². The van der Waals surface area contributed by atoms with E-state index >= 15 is 0 Å². The number of carbonyl (C=O) groups is 2. The van der Waals surface area contributed by atoms with E-state index < -0.39 is 0 Å². The zero-order chi connectivity index (χ0) is 11.7. The molecule has 82 valence electrons. The first-order valence-corrected chi connectivity index (χ1v) is 5.17. The van der Waals surface area contributed by atoms with Crippen molar-refractivity contribution in [2.45, 2.75) is 19.3 Å². The normalized spacial score (nSPS) is 20.8. The SMILES string of the molecule is C=C1C(=O)NC(=O)CC1c1ccc(C)cc1. The first-order valence-electron chi connectivity index (χ1n) is 5.17. The van der Waals surface area contributed by atoms with Gasteiger partial charge in [-0.25, -0.2) is 0 Å². The van der Waals surface area contributed by atoms with E-state index in [0.717, 1.165) is 11.1 Å². The van der Waals surface area contributed by atoms with Crippen molar-refractivity contribution in [1.82, 2.24) is 5.32 Å². The lowest BCUT2D eigenvalue weighted by atomic mass is 9.85. The summed E-state index contributed by atoms with van der Waals surface area (Å²) in [7, 11) is 0. The molecular weight excluding hydrogens is 202 g/mol. The molecule has 0 saturated carbocycles. The van der Waals surface area contributed by atoms with Gasteiger partial charge < -0.3 is 0 Å². The van der Waals surface area contributed by atoms with E-state index in [2.05, 4.69) is 11.9 Å². The lowest BCUT2D eigenvalue weighted by Crippen LogP contribution is -2.39. The Bertz CT molecular complexity index is 459. The number of carbonyl (C=O) groups excluding carboxylic acids is 2. The number of benzene rings is 1. The van der Waals surface area contributed by atoms with E-state index in [4.69, 9.17) is 0 Å². The third-order valence-electron chi connectivity index (χ3n) is 2.83. The highest BCUT2D eigenvalue weighted by molar-refractivity contribution is 6.08. The van der Waals surface area contributed by atoms with E-state index in [1.54, 1.807) is 0 Å². The average molecular weight is 215 g/mol. The highest BCUT2D eigenvalue weighted by atomic mass is 16.2. The van der Waals surface area contributed by atoms with Crippen LogP contribution in [0.25, 0.3) is 0 Å². The molecule has 1 aromatic carbocycles. The van der Waals surface area contributed by atoms with Gasteiger partial charge in [0.25, 0.3) is 5.91 Å². The molecule has 1 aromatic rings. The van der Waals surface area contributed by atoms with Crippen LogP contribution < -0.4 is 5.32 Å². The van der Waals surface area contributed by atoms with Gasteiger partial charge in [-0.1, -0.05) is 36.4 Å². The van der Waals surface area contributed by atoms with E-state index in [-0.39, 0.29) is 17.7 Å². The van der Waals surface area contributed by atoms with Crippen LogP contribution in [0.2, 0.25) is 0 Å². The zero-order valence-electron chi connectivity index (χ0n) is 9.12. The summed E-state index contributed by atoms with van der Waals surface area (Å²) in [5.74, 6) is -0.772. The molecule has 0 aromatic heterocycles. The van der Waals surface area contributed by atoms with E-state index in [9.17, 15) is 9.59 Å². The predicted octanol–water partition coefficient (Wildman–Crippen LogP) is 1.68. The smallest absolute Gasteiger partial charge is 0.253 e. The van der Waals surface area contributed by atoms with E-state index in [0.29, 0.717) is 12.0 Å². The average Bonchev–Trinajstić information content (AvgIpc) is 2.25. The van der Waals surface area contributed by atoms with Crippen molar-refractivity contribution in [2.75, 3.05) is 0 Å². The topological polar surface area (TPSA) is 46.2 Å². The van der Waals surface area contributed by atoms with Gasteiger partial charge in [-0.05, 0) is 12.5 Å². The molecule has 1 saturated heterocycles. The first kappa shape index (κ1) is 10.6. The summed E-state index contributed by atoms with van der Waals surface area (Å²) in [4.78, 5) is 22.7. The second-order valence-electron chi connectivity index (χ2n) is 4.07. The maximum atomic E-state index is 11.4. The summed E-state index contributed by atoms with van der Waals surface area (Å²) in [6, 6.07) is 7.83. The Hall–Kier alpha value is -1.90. The molecule has 1 atom stereocenters. The van der Waals surface area contributed by atoms with Gasteiger partial charge in [0.05, 0.1) is 0 Å². The third-order valence-corrected chi connectivity index (χ3v) is 2.83. The van der Waals surface area contributed by atoms with E-state index in [1.807, 2.05) is 31.2 Å². The second kappa shape index (κ2) is 3.93. The van der Waals surface area contributed by atoms with Crippen molar-refractivity contribution in [1.29, 1.82) is 0 Å². The Balaban J connectivity index is 2.32. The maximum absolute atomic E-state index is 11.4. The Kier molecular flexibility index (Phi) is 2.60. The molecule has 3 nitrogen and oxygen atoms in total. The van der Waals surface area contributed by atoms with Crippen molar-refractivity contribution in [3.05, 3.63) is 47.5 Å². The number of nitrogens with one attached hydrogen (secondary N) is 1. The van der Waals surface area contributed by atoms with Gasteiger partial charge in [0.2, 0.25) is 5.91 Å². The molecule has 0 radical (unpaired) electrons. The Morgan fingerprint density at radius 1 is 1.25 bits per heavy atom. The Morgan fingerprint density at radius 2 is 1.88 bits per heavy atom. The summed E-state index contributed by atoms with van der Waals surface area (Å²) >= 11 is 0. The minimum absolute atomic E-state index is 0.179. The largest absolute Gasteiger partial charge is 0.293 e. The van der Waals surface area contributed by atoms with Crippen molar-refractivity contribution in [3.63, 3.8) is 0 Å². The van der Waals surface area contributed by atoms with Crippen LogP contribution in [-0.2, 0) is 9.59 Å². The van der Waals surface area contributed by atoms with Crippen LogP contribution in [0.1, 0.15) is 23.5 Å². The van der Waals surface area contributed by atoms with Gasteiger partial charge in [0, 0.05) is 17.9 Å². The molecule has 0 spiro atoms. The molecule has 1 aliphatic heterocycles. The van der Waals surface area contributed by atoms with Crippen LogP contribution in [0, 0.1) is 6.92 Å². The standard InChI is InChI=1S/C13H13NO2/c1-8-3-5-10(6-4-8)11-7-12(15)14-13(16)9(11)2/h3-6,11H,2,7H2,1H3,(H,14,15,16). The van der Waals surface area contributed by atoms with Gasteiger partial charge in [0.15, 0.2) is 0 Å². The van der Waals surface area contributed by atoms with Crippen molar-refractivity contribution in [2.24, 2.45) is 0 Å². The third kappa shape index (κ3) is 1.89. The van der Waals surface area contributed by atoms with E-state index in [1.165, 1.54) is 0 Å². The molecule has 16 heavy (non-hydrogen) atoms. The highest BCUT2D eigenvalue weighted by Crippen LogP contribution is 2.29. The molecule has 2 amide bonds. The summed E-state index contributed by atoms with van der Waals surface area (Å²) in [5.41, 5.74) is 2.59. The molecule has 1 N–H and O–H groups in total. The summed E-state index contributed by atoms with van der Waals surface area (Å²) in [6.45, 7) is 5.74.